The molecule has 4 nitrogen and oxygen atoms in total. The van der Waals surface area contributed by atoms with E-state index in [9.17, 15) is 4.79 Å². The molecule has 2 fully saturated rings. The van der Waals surface area contributed by atoms with Crippen molar-refractivity contribution in [3.63, 3.8) is 0 Å². The van der Waals surface area contributed by atoms with Crippen molar-refractivity contribution in [3.8, 4) is 0 Å². The molecule has 0 radical (unpaired) electrons. The summed E-state index contributed by atoms with van der Waals surface area (Å²) in [5.41, 5.74) is 0.0450. The first-order chi connectivity index (χ1) is 9.97. The smallest absolute Gasteiger partial charge is 0.220 e. The molecule has 2 aliphatic rings. The molecule has 5 heteroatoms. The van der Waals surface area contributed by atoms with E-state index in [0.29, 0.717) is 12.2 Å². The van der Waals surface area contributed by atoms with E-state index >= 15 is 0 Å². The van der Waals surface area contributed by atoms with E-state index in [1.165, 1.54) is 32.1 Å². The number of amides is 1. The number of nitrogens with zero attached hydrogens (tertiary/aromatic N) is 1. The van der Waals surface area contributed by atoms with Crippen molar-refractivity contribution < 1.29 is 9.53 Å². The summed E-state index contributed by atoms with van der Waals surface area (Å²) in [7, 11) is 0. The Labute approximate surface area is 134 Å². The molecule has 1 saturated heterocycles. The van der Waals surface area contributed by atoms with Crippen LogP contribution in [0.5, 0.6) is 0 Å². The summed E-state index contributed by atoms with van der Waals surface area (Å²) in [4.78, 5) is 14.4. The molecule has 1 heterocycles. The van der Waals surface area contributed by atoms with E-state index in [1.807, 2.05) is 0 Å². The molecule has 0 bridgehead atoms. The van der Waals surface area contributed by atoms with Crippen LogP contribution in [0, 0.1) is 0 Å². The van der Waals surface area contributed by atoms with Crippen LogP contribution >= 0.6 is 12.6 Å². The third-order valence-electron chi connectivity index (χ3n) is 4.83. The molecule has 0 aromatic rings. The Bertz CT molecular complexity index is 354. The molecule has 2 rings (SSSR count). The predicted octanol–water partition coefficient (Wildman–Crippen LogP) is 2.24. The third kappa shape index (κ3) is 4.60. The topological polar surface area (TPSA) is 41.6 Å². The van der Waals surface area contributed by atoms with Gasteiger partial charge in [0.05, 0.1) is 12.2 Å². The number of carbonyl (C=O) groups excluding carboxylic acids is 1. The zero-order chi connectivity index (χ0) is 15.3. The molecule has 1 amide bonds. The largest absolute Gasteiger partial charge is 0.373 e. The monoisotopic (exact) mass is 314 g/mol. The van der Waals surface area contributed by atoms with E-state index < -0.39 is 0 Å². The zero-order valence-corrected chi connectivity index (χ0v) is 14.4. The lowest BCUT2D eigenvalue weighted by Gasteiger charge is -2.51. The van der Waals surface area contributed by atoms with E-state index in [-0.39, 0.29) is 17.0 Å². The highest BCUT2D eigenvalue weighted by Gasteiger charge is 2.42. The van der Waals surface area contributed by atoms with Gasteiger partial charge in [-0.1, -0.05) is 19.3 Å². The van der Waals surface area contributed by atoms with E-state index in [1.54, 1.807) is 0 Å². The molecule has 122 valence electrons. The lowest BCUT2D eigenvalue weighted by molar-refractivity contribution is -0.129. The number of rotatable bonds is 5. The van der Waals surface area contributed by atoms with Crippen molar-refractivity contribution in [1.29, 1.82) is 0 Å². The molecule has 1 N–H and O–H groups in total. The standard InChI is InChI=1S/C16H30N2O2S/c1-15(2)13-18(9-10-20-15)16(7-4-3-5-8-16)12-17-14(19)6-11-21/h21H,3-13H2,1-2H3,(H,17,19). The Kier molecular flexibility index (Phi) is 5.97. The highest BCUT2D eigenvalue weighted by atomic mass is 32.1. The summed E-state index contributed by atoms with van der Waals surface area (Å²) >= 11 is 4.14. The Balaban J connectivity index is 2.03. The van der Waals surface area contributed by atoms with Crippen LogP contribution in [0.3, 0.4) is 0 Å². The van der Waals surface area contributed by atoms with Crippen molar-refractivity contribution in [2.45, 2.75) is 63.5 Å². The quantitative estimate of drug-likeness (QED) is 0.765. The fraction of sp³-hybridized carbons (Fsp3) is 0.938. The molecule has 21 heavy (non-hydrogen) atoms. The first-order valence-electron chi connectivity index (χ1n) is 8.24. The van der Waals surface area contributed by atoms with Crippen LogP contribution < -0.4 is 5.32 Å². The highest BCUT2D eigenvalue weighted by molar-refractivity contribution is 7.80. The molecular formula is C16H30N2O2S. The van der Waals surface area contributed by atoms with Gasteiger partial charge in [-0.2, -0.15) is 12.6 Å². The maximum Gasteiger partial charge on any atom is 0.220 e. The van der Waals surface area contributed by atoms with E-state index in [2.05, 4.69) is 36.7 Å². The van der Waals surface area contributed by atoms with Crippen LogP contribution in [0.1, 0.15) is 52.4 Å². The van der Waals surface area contributed by atoms with Crippen LogP contribution in [-0.2, 0) is 9.53 Å². The van der Waals surface area contributed by atoms with Crippen molar-refractivity contribution in [2.75, 3.05) is 32.0 Å². The van der Waals surface area contributed by atoms with Gasteiger partial charge in [-0.25, -0.2) is 0 Å². The summed E-state index contributed by atoms with van der Waals surface area (Å²) in [6.07, 6.45) is 6.72. The highest BCUT2D eigenvalue weighted by Crippen LogP contribution is 2.36. The Morgan fingerprint density at radius 2 is 2.00 bits per heavy atom. The fourth-order valence-corrected chi connectivity index (χ4v) is 3.89. The normalized spacial score (nSPS) is 25.5. The molecule has 0 atom stereocenters. The Hall–Kier alpha value is -0.260. The summed E-state index contributed by atoms with van der Waals surface area (Å²) in [6, 6.07) is 0. The van der Waals surface area contributed by atoms with Crippen molar-refractivity contribution in [2.24, 2.45) is 0 Å². The summed E-state index contributed by atoms with van der Waals surface area (Å²) in [5.74, 6) is 0.742. The SMILES string of the molecule is CC1(C)CN(C2(CNC(=O)CCS)CCCCC2)CCO1. The van der Waals surface area contributed by atoms with Gasteiger partial charge in [-0.05, 0) is 32.4 Å². The Morgan fingerprint density at radius 3 is 2.62 bits per heavy atom. The average molecular weight is 314 g/mol. The fourth-order valence-electron chi connectivity index (χ4n) is 3.69. The second kappa shape index (κ2) is 7.34. The van der Waals surface area contributed by atoms with Gasteiger partial charge in [-0.15, -0.1) is 0 Å². The van der Waals surface area contributed by atoms with Crippen molar-refractivity contribution in [1.82, 2.24) is 10.2 Å². The minimum absolute atomic E-state index is 0.0855. The number of hydrogen-bond donors (Lipinski definition) is 2. The zero-order valence-electron chi connectivity index (χ0n) is 13.5. The molecular weight excluding hydrogens is 284 g/mol. The maximum absolute atomic E-state index is 11.8. The average Bonchev–Trinajstić information content (AvgIpc) is 2.45. The number of morpholine rings is 1. The van der Waals surface area contributed by atoms with Gasteiger partial charge in [-0.3, -0.25) is 9.69 Å². The summed E-state index contributed by atoms with van der Waals surface area (Å²) in [5, 5.41) is 3.15. The predicted molar refractivity (Wildman–Crippen MR) is 88.9 cm³/mol. The molecule has 0 spiro atoms. The first kappa shape index (κ1) is 17.1. The minimum atomic E-state index is -0.0855. The Morgan fingerprint density at radius 1 is 1.29 bits per heavy atom. The third-order valence-corrected chi connectivity index (χ3v) is 5.06. The molecule has 1 aliphatic carbocycles. The van der Waals surface area contributed by atoms with Crippen LogP contribution in [0.25, 0.3) is 0 Å². The molecule has 0 unspecified atom stereocenters. The lowest BCUT2D eigenvalue weighted by atomic mass is 9.79. The first-order valence-corrected chi connectivity index (χ1v) is 8.87. The van der Waals surface area contributed by atoms with Gasteiger partial charge >= 0.3 is 0 Å². The van der Waals surface area contributed by atoms with Gasteiger partial charge in [0.1, 0.15) is 0 Å². The van der Waals surface area contributed by atoms with Gasteiger partial charge in [0.15, 0.2) is 0 Å². The van der Waals surface area contributed by atoms with Crippen LogP contribution in [-0.4, -0.2) is 53.9 Å². The van der Waals surface area contributed by atoms with Gasteiger partial charge in [0.2, 0.25) is 5.91 Å². The number of carbonyl (C=O) groups is 1. The maximum atomic E-state index is 11.8. The van der Waals surface area contributed by atoms with E-state index in [4.69, 9.17) is 4.74 Å². The summed E-state index contributed by atoms with van der Waals surface area (Å²) < 4.78 is 5.86. The minimum Gasteiger partial charge on any atom is -0.373 e. The summed E-state index contributed by atoms with van der Waals surface area (Å²) in [6.45, 7) is 7.82. The number of ether oxygens (including phenoxy) is 1. The number of nitrogens with one attached hydrogen (secondary N) is 1. The molecule has 1 saturated carbocycles. The van der Waals surface area contributed by atoms with E-state index in [0.717, 1.165) is 26.2 Å². The lowest BCUT2D eigenvalue weighted by Crippen LogP contribution is -2.63. The van der Waals surface area contributed by atoms with Gasteiger partial charge in [0, 0.05) is 31.6 Å². The van der Waals surface area contributed by atoms with Crippen molar-refractivity contribution in [3.05, 3.63) is 0 Å². The molecule has 0 aromatic carbocycles. The van der Waals surface area contributed by atoms with Gasteiger partial charge < -0.3 is 10.1 Å². The van der Waals surface area contributed by atoms with Crippen LogP contribution in [0.15, 0.2) is 0 Å². The van der Waals surface area contributed by atoms with Crippen LogP contribution in [0.4, 0.5) is 0 Å². The second-order valence-corrected chi connectivity index (χ2v) is 7.51. The number of thiol groups is 1. The molecule has 0 aromatic heterocycles. The van der Waals surface area contributed by atoms with Crippen molar-refractivity contribution >= 4 is 18.5 Å². The number of hydrogen-bond acceptors (Lipinski definition) is 4. The van der Waals surface area contributed by atoms with Gasteiger partial charge in [0.25, 0.3) is 0 Å². The second-order valence-electron chi connectivity index (χ2n) is 7.07. The molecule has 1 aliphatic heterocycles. The van der Waals surface area contributed by atoms with Crippen LogP contribution in [0.2, 0.25) is 0 Å².